The molecule has 1 aliphatic heterocycles. The largest absolute Gasteiger partial charge is 0.493 e. The second-order valence-electron chi connectivity index (χ2n) is 7.15. The minimum Gasteiger partial charge on any atom is -0.488 e. The van der Waals surface area contributed by atoms with E-state index >= 15 is 0 Å². The van der Waals surface area contributed by atoms with Crippen LogP contribution in [0.1, 0.15) is 25.0 Å². The third-order valence-electron chi connectivity index (χ3n) is 4.07. The van der Waals surface area contributed by atoms with Crippen LogP contribution in [0.2, 0.25) is 0 Å². The van der Waals surface area contributed by atoms with Crippen LogP contribution >= 0.6 is 0 Å². The summed E-state index contributed by atoms with van der Waals surface area (Å²) in [4.78, 5) is 0. The fourth-order valence-electron chi connectivity index (χ4n) is 2.66. The maximum Gasteiger partial charge on any atom is 0.493 e. The van der Waals surface area contributed by atoms with E-state index in [1.807, 2.05) is 32.0 Å². The lowest BCUT2D eigenvalue weighted by Crippen LogP contribution is -2.47. The molecule has 0 atom stereocenters. The Kier molecular flexibility index (Phi) is 5.30. The molecule has 0 N–H and O–H groups in total. The fraction of sp³-hybridized carbons (Fsp3) is 0.368. The van der Waals surface area contributed by atoms with Gasteiger partial charge in [0.25, 0.3) is 0 Å². The van der Waals surface area contributed by atoms with Crippen molar-refractivity contribution in [1.82, 2.24) is 0 Å². The van der Waals surface area contributed by atoms with Crippen LogP contribution < -0.4 is 10.2 Å². The van der Waals surface area contributed by atoms with Gasteiger partial charge in [0.1, 0.15) is 12.4 Å². The SMILES string of the molecule is CC1(C)COB(c2ccc(OCc3ccccc3)c(C(F)(F)F)c2)OC1. The van der Waals surface area contributed by atoms with Crippen molar-refractivity contribution in [3.8, 4) is 5.75 Å². The summed E-state index contributed by atoms with van der Waals surface area (Å²) in [6, 6.07) is 13.0. The van der Waals surface area contributed by atoms with E-state index in [0.717, 1.165) is 11.6 Å². The average Bonchev–Trinajstić information content (AvgIpc) is 2.60. The maximum atomic E-state index is 13.5. The Morgan fingerprint density at radius 1 is 1.04 bits per heavy atom. The van der Waals surface area contributed by atoms with Gasteiger partial charge in [0.05, 0.1) is 5.56 Å². The normalized spacial score (nSPS) is 17.2. The van der Waals surface area contributed by atoms with Crippen LogP contribution in [0, 0.1) is 5.41 Å². The molecule has 138 valence electrons. The molecule has 0 spiro atoms. The highest BCUT2D eigenvalue weighted by Crippen LogP contribution is 2.36. The van der Waals surface area contributed by atoms with Gasteiger partial charge >= 0.3 is 13.3 Å². The van der Waals surface area contributed by atoms with E-state index < -0.39 is 18.9 Å². The van der Waals surface area contributed by atoms with Crippen LogP contribution in [0.15, 0.2) is 48.5 Å². The second kappa shape index (κ2) is 7.33. The summed E-state index contributed by atoms with van der Waals surface area (Å²) in [5.41, 5.74) is 0.149. The lowest BCUT2D eigenvalue weighted by molar-refractivity contribution is -0.139. The van der Waals surface area contributed by atoms with E-state index in [-0.39, 0.29) is 17.8 Å². The van der Waals surface area contributed by atoms with Gasteiger partial charge in [-0.05, 0) is 23.2 Å². The molecule has 3 rings (SSSR count). The molecule has 26 heavy (non-hydrogen) atoms. The Morgan fingerprint density at radius 2 is 1.69 bits per heavy atom. The smallest absolute Gasteiger partial charge is 0.488 e. The van der Waals surface area contributed by atoms with Crippen LogP contribution in [0.5, 0.6) is 5.75 Å². The molecule has 2 aromatic carbocycles. The van der Waals surface area contributed by atoms with E-state index in [4.69, 9.17) is 14.0 Å². The molecule has 0 aliphatic carbocycles. The van der Waals surface area contributed by atoms with Crippen molar-refractivity contribution < 1.29 is 27.2 Å². The Bertz CT molecular complexity index is 737. The van der Waals surface area contributed by atoms with Crippen LogP contribution in [0.3, 0.4) is 0 Å². The minimum absolute atomic E-state index is 0.0634. The predicted octanol–water partition coefficient (Wildman–Crippen LogP) is 4.05. The van der Waals surface area contributed by atoms with Gasteiger partial charge in [-0.25, -0.2) is 0 Å². The molecule has 0 radical (unpaired) electrons. The monoisotopic (exact) mass is 364 g/mol. The van der Waals surface area contributed by atoms with Crippen LogP contribution in [-0.2, 0) is 22.1 Å². The Labute approximate surface area is 151 Å². The fourth-order valence-corrected chi connectivity index (χ4v) is 2.66. The first-order valence-electron chi connectivity index (χ1n) is 8.36. The van der Waals surface area contributed by atoms with Gasteiger partial charge in [-0.15, -0.1) is 0 Å². The number of halogens is 3. The average molecular weight is 364 g/mol. The summed E-state index contributed by atoms with van der Waals surface area (Å²) < 4.78 is 57.0. The number of ether oxygens (including phenoxy) is 1. The topological polar surface area (TPSA) is 27.7 Å². The zero-order chi connectivity index (χ0) is 18.8. The molecule has 7 heteroatoms. The summed E-state index contributed by atoms with van der Waals surface area (Å²) in [5, 5.41) is 0. The zero-order valence-electron chi connectivity index (χ0n) is 14.7. The Hall–Kier alpha value is -1.99. The zero-order valence-corrected chi connectivity index (χ0v) is 14.7. The molecule has 1 aliphatic rings. The molecule has 1 saturated heterocycles. The highest BCUT2D eigenvalue weighted by molar-refractivity contribution is 6.61. The quantitative estimate of drug-likeness (QED) is 0.766. The molecular weight excluding hydrogens is 344 g/mol. The molecule has 2 aromatic rings. The number of hydrogen-bond acceptors (Lipinski definition) is 3. The molecule has 0 amide bonds. The Balaban J connectivity index is 1.80. The number of hydrogen-bond donors (Lipinski definition) is 0. The van der Waals surface area contributed by atoms with Gasteiger partial charge in [0.15, 0.2) is 0 Å². The molecule has 1 heterocycles. The van der Waals surface area contributed by atoms with Gasteiger partial charge < -0.3 is 14.0 Å². The highest BCUT2D eigenvalue weighted by atomic mass is 19.4. The molecular formula is C19H20BF3O3. The molecule has 0 bridgehead atoms. The van der Waals surface area contributed by atoms with Crippen LogP contribution in [-0.4, -0.2) is 20.3 Å². The summed E-state index contributed by atoms with van der Waals surface area (Å²) in [7, 11) is -0.799. The maximum absolute atomic E-state index is 13.5. The van der Waals surface area contributed by atoms with Gasteiger partial charge in [-0.2, -0.15) is 13.2 Å². The van der Waals surface area contributed by atoms with E-state index in [9.17, 15) is 13.2 Å². The van der Waals surface area contributed by atoms with Crippen LogP contribution in [0.25, 0.3) is 0 Å². The first-order valence-corrected chi connectivity index (χ1v) is 8.36. The van der Waals surface area contributed by atoms with Crippen molar-refractivity contribution in [2.75, 3.05) is 13.2 Å². The third-order valence-corrected chi connectivity index (χ3v) is 4.07. The summed E-state index contributed by atoms with van der Waals surface area (Å²) >= 11 is 0. The second-order valence-corrected chi connectivity index (χ2v) is 7.15. The van der Waals surface area contributed by atoms with Crippen molar-refractivity contribution in [3.63, 3.8) is 0 Å². The van der Waals surface area contributed by atoms with Crippen molar-refractivity contribution in [2.45, 2.75) is 26.6 Å². The Morgan fingerprint density at radius 3 is 2.31 bits per heavy atom. The van der Waals surface area contributed by atoms with Crippen molar-refractivity contribution >= 4 is 12.6 Å². The molecule has 3 nitrogen and oxygen atoms in total. The number of alkyl halides is 3. The predicted molar refractivity (Wildman–Crippen MR) is 93.3 cm³/mol. The van der Waals surface area contributed by atoms with E-state index in [1.165, 1.54) is 6.07 Å². The molecule has 0 aromatic heterocycles. The molecule has 0 saturated carbocycles. The molecule has 1 fully saturated rings. The summed E-state index contributed by atoms with van der Waals surface area (Å²) in [5.74, 6) is -0.207. The number of benzene rings is 2. The first-order chi connectivity index (χ1) is 12.2. The first kappa shape index (κ1) is 18.8. The third kappa shape index (κ3) is 4.59. The van der Waals surface area contributed by atoms with E-state index in [1.54, 1.807) is 18.2 Å². The van der Waals surface area contributed by atoms with Gasteiger partial charge in [-0.3, -0.25) is 0 Å². The molecule has 0 unspecified atom stereocenters. The van der Waals surface area contributed by atoms with Crippen molar-refractivity contribution in [3.05, 3.63) is 59.7 Å². The lowest BCUT2D eigenvalue weighted by atomic mass is 9.75. The van der Waals surface area contributed by atoms with Gasteiger partial charge in [-0.1, -0.05) is 50.2 Å². The lowest BCUT2D eigenvalue weighted by Gasteiger charge is -2.33. The van der Waals surface area contributed by atoms with Gasteiger partial charge in [0, 0.05) is 18.6 Å². The highest BCUT2D eigenvalue weighted by Gasteiger charge is 2.38. The summed E-state index contributed by atoms with van der Waals surface area (Å²) in [6.45, 7) is 4.86. The minimum atomic E-state index is -4.53. The standard InChI is InChI=1S/C19H20BF3O3/c1-18(2)12-25-20(26-13-18)15-8-9-17(16(10-15)19(21,22)23)24-11-14-6-4-3-5-7-14/h3-10H,11-13H2,1-2H3. The van der Waals surface area contributed by atoms with E-state index in [2.05, 4.69) is 0 Å². The van der Waals surface area contributed by atoms with Crippen molar-refractivity contribution in [2.24, 2.45) is 5.41 Å². The van der Waals surface area contributed by atoms with Crippen LogP contribution in [0.4, 0.5) is 13.2 Å². The van der Waals surface area contributed by atoms with Crippen molar-refractivity contribution in [1.29, 1.82) is 0 Å². The summed E-state index contributed by atoms with van der Waals surface area (Å²) in [6.07, 6.45) is -4.53. The van der Waals surface area contributed by atoms with E-state index in [0.29, 0.717) is 18.7 Å². The van der Waals surface area contributed by atoms with Gasteiger partial charge in [0.2, 0.25) is 0 Å². The number of rotatable bonds is 4.